The first kappa shape index (κ1) is 6.67. The molecule has 0 saturated heterocycles. The van der Waals surface area contributed by atoms with E-state index in [1.165, 1.54) is 0 Å². The molecule has 0 fully saturated rings. The SMILES string of the molecule is FC(F)(Br)c1cn[nH]c1. The summed E-state index contributed by atoms with van der Waals surface area (Å²) in [6.45, 7) is 0. The molecule has 1 aromatic heterocycles. The van der Waals surface area contributed by atoms with E-state index in [-0.39, 0.29) is 5.56 Å². The predicted octanol–water partition coefficient (Wildman–Crippen LogP) is 1.85. The smallest absolute Gasteiger partial charge is 0.285 e. The molecule has 1 N–H and O–H groups in total. The van der Waals surface area contributed by atoms with Crippen LogP contribution < -0.4 is 0 Å². The third kappa shape index (κ3) is 1.48. The number of hydrogen-bond acceptors (Lipinski definition) is 1. The van der Waals surface area contributed by atoms with Crippen LogP contribution in [-0.4, -0.2) is 10.2 Å². The number of nitrogens with one attached hydrogen (secondary N) is 1. The van der Waals surface area contributed by atoms with Crippen molar-refractivity contribution in [3.63, 3.8) is 0 Å². The second-order valence-electron chi connectivity index (χ2n) is 1.48. The fraction of sp³-hybridized carbons (Fsp3) is 0.250. The lowest BCUT2D eigenvalue weighted by atomic mass is 10.4. The zero-order chi connectivity index (χ0) is 6.91. The van der Waals surface area contributed by atoms with Gasteiger partial charge in [-0.2, -0.15) is 13.9 Å². The van der Waals surface area contributed by atoms with E-state index in [2.05, 4.69) is 26.1 Å². The highest BCUT2D eigenvalue weighted by Gasteiger charge is 2.27. The largest absolute Gasteiger partial charge is 0.329 e. The molecule has 0 spiro atoms. The first-order valence-corrected chi connectivity index (χ1v) is 2.96. The molecule has 1 heterocycles. The minimum atomic E-state index is -2.96. The molecule has 0 aliphatic rings. The van der Waals surface area contributed by atoms with Crippen LogP contribution in [0.5, 0.6) is 0 Å². The Hall–Kier alpha value is -0.450. The molecule has 0 aromatic carbocycles. The summed E-state index contributed by atoms with van der Waals surface area (Å²) in [5, 5.41) is 5.63. The monoisotopic (exact) mass is 196 g/mol. The second-order valence-corrected chi connectivity index (χ2v) is 2.48. The van der Waals surface area contributed by atoms with Crippen molar-refractivity contribution in [3.8, 4) is 0 Å². The molecule has 5 heteroatoms. The minimum Gasteiger partial charge on any atom is -0.285 e. The van der Waals surface area contributed by atoms with Crippen LogP contribution in [0.2, 0.25) is 0 Å². The van der Waals surface area contributed by atoms with Gasteiger partial charge in [0.05, 0.1) is 11.8 Å². The van der Waals surface area contributed by atoms with Crippen molar-refractivity contribution in [2.75, 3.05) is 0 Å². The van der Waals surface area contributed by atoms with Gasteiger partial charge in [-0.05, 0) is 15.9 Å². The summed E-state index contributed by atoms with van der Waals surface area (Å²) in [5.41, 5.74) is -0.164. The molecule has 1 aromatic rings. The Morgan fingerprint density at radius 3 is 2.56 bits per heavy atom. The Labute approximate surface area is 58.4 Å². The van der Waals surface area contributed by atoms with Gasteiger partial charge in [0, 0.05) is 6.20 Å². The Morgan fingerprint density at radius 2 is 2.33 bits per heavy atom. The van der Waals surface area contributed by atoms with Gasteiger partial charge < -0.3 is 0 Å². The van der Waals surface area contributed by atoms with Gasteiger partial charge >= 0.3 is 4.83 Å². The van der Waals surface area contributed by atoms with Gasteiger partial charge in [0.2, 0.25) is 0 Å². The Morgan fingerprint density at radius 1 is 1.67 bits per heavy atom. The van der Waals surface area contributed by atoms with Crippen molar-refractivity contribution in [1.82, 2.24) is 10.2 Å². The quantitative estimate of drug-likeness (QED) is 0.683. The molecule has 0 atom stereocenters. The van der Waals surface area contributed by atoms with E-state index in [1.807, 2.05) is 0 Å². The highest BCUT2D eigenvalue weighted by Crippen LogP contribution is 2.33. The highest BCUT2D eigenvalue weighted by atomic mass is 79.9. The maximum atomic E-state index is 12.1. The number of alkyl halides is 3. The highest BCUT2D eigenvalue weighted by molar-refractivity contribution is 9.09. The first-order chi connectivity index (χ1) is 4.11. The Kier molecular flexibility index (Phi) is 1.52. The summed E-state index contributed by atoms with van der Waals surface area (Å²) in [6.07, 6.45) is 2.20. The summed E-state index contributed by atoms with van der Waals surface area (Å²) >= 11 is 2.17. The van der Waals surface area contributed by atoms with E-state index >= 15 is 0 Å². The minimum absolute atomic E-state index is 0.164. The lowest BCUT2D eigenvalue weighted by molar-refractivity contribution is 0.114. The van der Waals surface area contributed by atoms with Gasteiger partial charge in [0.25, 0.3) is 0 Å². The molecule has 50 valence electrons. The summed E-state index contributed by atoms with van der Waals surface area (Å²) in [4.78, 5) is -2.96. The van der Waals surface area contributed by atoms with Crippen LogP contribution in [0.25, 0.3) is 0 Å². The van der Waals surface area contributed by atoms with Crippen LogP contribution in [0.1, 0.15) is 5.56 Å². The van der Waals surface area contributed by atoms with Gasteiger partial charge in [-0.1, -0.05) is 0 Å². The average Bonchev–Trinajstić information content (AvgIpc) is 2.08. The van der Waals surface area contributed by atoms with E-state index in [0.29, 0.717) is 0 Å². The fourth-order valence-corrected chi connectivity index (χ4v) is 0.623. The van der Waals surface area contributed by atoms with Gasteiger partial charge in [0.15, 0.2) is 0 Å². The number of aromatic amines is 1. The van der Waals surface area contributed by atoms with Crippen molar-refractivity contribution in [1.29, 1.82) is 0 Å². The molecule has 0 aliphatic heterocycles. The Balaban J connectivity index is 2.90. The number of rotatable bonds is 1. The van der Waals surface area contributed by atoms with E-state index in [9.17, 15) is 8.78 Å². The summed E-state index contributed by atoms with van der Waals surface area (Å²) in [7, 11) is 0. The molecule has 0 amide bonds. The molecule has 0 unspecified atom stereocenters. The summed E-state index contributed by atoms with van der Waals surface area (Å²) in [5.74, 6) is 0. The fourth-order valence-electron chi connectivity index (χ4n) is 0.406. The van der Waals surface area contributed by atoms with E-state index < -0.39 is 4.83 Å². The molecule has 9 heavy (non-hydrogen) atoms. The number of nitrogens with zero attached hydrogens (tertiary/aromatic N) is 1. The molecular formula is C4H3BrF2N2. The third-order valence-electron chi connectivity index (χ3n) is 0.826. The second kappa shape index (κ2) is 2.06. The van der Waals surface area contributed by atoms with Crippen molar-refractivity contribution in [2.45, 2.75) is 4.83 Å². The normalized spacial score (nSPS) is 11.9. The van der Waals surface area contributed by atoms with Crippen LogP contribution in [0.4, 0.5) is 8.78 Å². The van der Waals surface area contributed by atoms with Gasteiger partial charge in [-0.3, -0.25) is 5.10 Å². The number of aromatic nitrogens is 2. The van der Waals surface area contributed by atoms with Crippen LogP contribution in [0.3, 0.4) is 0 Å². The predicted molar refractivity (Wildman–Crippen MR) is 31.4 cm³/mol. The number of hydrogen-bond donors (Lipinski definition) is 1. The lowest BCUT2D eigenvalue weighted by Crippen LogP contribution is -1.99. The van der Waals surface area contributed by atoms with E-state index in [4.69, 9.17) is 0 Å². The number of halogens is 3. The van der Waals surface area contributed by atoms with Crippen molar-refractivity contribution >= 4 is 15.9 Å². The van der Waals surface area contributed by atoms with E-state index in [0.717, 1.165) is 12.4 Å². The van der Waals surface area contributed by atoms with Crippen molar-refractivity contribution < 1.29 is 8.78 Å². The maximum Gasteiger partial charge on any atom is 0.329 e. The summed E-state index contributed by atoms with van der Waals surface area (Å²) < 4.78 is 24.3. The van der Waals surface area contributed by atoms with E-state index in [1.54, 1.807) is 0 Å². The van der Waals surface area contributed by atoms with Crippen molar-refractivity contribution in [2.24, 2.45) is 0 Å². The molecule has 0 bridgehead atoms. The molecule has 1 rings (SSSR count). The standard InChI is InChI=1S/C4H3BrF2N2/c5-4(6,7)3-1-8-9-2-3/h1-2H,(H,8,9). The molecule has 0 saturated carbocycles. The van der Waals surface area contributed by atoms with Crippen LogP contribution in [0, 0.1) is 0 Å². The van der Waals surface area contributed by atoms with Crippen LogP contribution >= 0.6 is 15.9 Å². The molecule has 2 nitrogen and oxygen atoms in total. The average molecular weight is 197 g/mol. The molecule has 0 radical (unpaired) electrons. The lowest BCUT2D eigenvalue weighted by Gasteiger charge is -2.01. The first-order valence-electron chi connectivity index (χ1n) is 2.16. The van der Waals surface area contributed by atoms with Crippen LogP contribution in [-0.2, 0) is 4.83 Å². The zero-order valence-electron chi connectivity index (χ0n) is 4.24. The maximum absolute atomic E-state index is 12.1. The molecular weight excluding hydrogens is 194 g/mol. The van der Waals surface area contributed by atoms with Crippen LogP contribution in [0.15, 0.2) is 12.4 Å². The topological polar surface area (TPSA) is 28.7 Å². The molecule has 0 aliphatic carbocycles. The van der Waals surface area contributed by atoms with Gasteiger partial charge in [-0.25, -0.2) is 0 Å². The Bertz CT molecular complexity index is 179. The summed E-state index contributed by atoms with van der Waals surface area (Å²) in [6, 6.07) is 0. The zero-order valence-corrected chi connectivity index (χ0v) is 5.82. The van der Waals surface area contributed by atoms with Gasteiger partial charge in [0.1, 0.15) is 0 Å². The number of H-pyrrole nitrogens is 1. The van der Waals surface area contributed by atoms with Crippen molar-refractivity contribution in [3.05, 3.63) is 18.0 Å². The third-order valence-corrected chi connectivity index (χ3v) is 1.28. The van der Waals surface area contributed by atoms with Gasteiger partial charge in [-0.15, -0.1) is 0 Å².